The third kappa shape index (κ3) is 5.99. The number of nitrogens with one attached hydrogen (secondary N) is 2. The fourth-order valence-corrected chi connectivity index (χ4v) is 5.63. The van der Waals surface area contributed by atoms with Gasteiger partial charge in [-0.25, -0.2) is 4.79 Å². The molecule has 4 atom stereocenters. The van der Waals surface area contributed by atoms with E-state index < -0.39 is 36.0 Å². The van der Waals surface area contributed by atoms with E-state index in [1.54, 1.807) is 0 Å². The van der Waals surface area contributed by atoms with Crippen LogP contribution in [0.2, 0.25) is 0 Å². The molecule has 11 heteroatoms. The first kappa shape index (κ1) is 27.6. The van der Waals surface area contributed by atoms with E-state index >= 15 is 0 Å². The van der Waals surface area contributed by atoms with Crippen LogP contribution < -0.4 is 16.8 Å². The molecule has 3 amide bonds. The van der Waals surface area contributed by atoms with Crippen LogP contribution in [0.4, 0.5) is 0 Å². The first-order valence-electron chi connectivity index (χ1n) is 13.5. The predicted octanol–water partition coefficient (Wildman–Crippen LogP) is 0.718. The van der Waals surface area contributed by atoms with Crippen molar-refractivity contribution in [3.05, 3.63) is 36.0 Å². The van der Waals surface area contributed by atoms with Crippen LogP contribution in [0.3, 0.4) is 0 Å². The van der Waals surface area contributed by atoms with Gasteiger partial charge in [0.1, 0.15) is 18.1 Å². The third-order valence-corrected chi connectivity index (χ3v) is 7.65. The van der Waals surface area contributed by atoms with E-state index in [4.69, 9.17) is 11.5 Å². The van der Waals surface area contributed by atoms with Crippen LogP contribution in [-0.4, -0.2) is 87.4 Å². The number of hydrogen-bond donors (Lipinski definition) is 5. The summed E-state index contributed by atoms with van der Waals surface area (Å²) in [6.45, 7) is 1.21. The van der Waals surface area contributed by atoms with Crippen LogP contribution in [0.25, 0.3) is 10.9 Å². The topological polar surface area (TPSA) is 175 Å². The van der Waals surface area contributed by atoms with Crippen molar-refractivity contribution in [3.8, 4) is 0 Å². The summed E-state index contributed by atoms with van der Waals surface area (Å²) < 4.78 is 0. The van der Waals surface area contributed by atoms with Gasteiger partial charge in [-0.2, -0.15) is 0 Å². The third-order valence-electron chi connectivity index (χ3n) is 7.65. The summed E-state index contributed by atoms with van der Waals surface area (Å²) in [6.07, 6.45) is 5.97. The first-order chi connectivity index (χ1) is 18.3. The molecule has 1 aromatic heterocycles. The monoisotopic (exact) mass is 526 g/mol. The highest BCUT2D eigenvalue weighted by Crippen LogP contribution is 2.26. The lowest BCUT2D eigenvalue weighted by molar-refractivity contribution is -0.152. The number of aromatic nitrogens is 1. The highest BCUT2D eigenvalue weighted by molar-refractivity contribution is 5.95. The van der Waals surface area contributed by atoms with E-state index in [9.17, 15) is 24.3 Å². The number of likely N-dealkylation sites (tertiary alicyclic amines) is 2. The zero-order valence-corrected chi connectivity index (χ0v) is 21.6. The van der Waals surface area contributed by atoms with E-state index in [-0.39, 0.29) is 11.8 Å². The SMILES string of the molecule is NCCCCC(NC(=O)C(N)Cc1c[nH]c2ccccc12)C(=O)N1CCCC1C(=O)N1CCCC1C(=O)O. The van der Waals surface area contributed by atoms with Crippen molar-refractivity contribution in [3.63, 3.8) is 0 Å². The van der Waals surface area contributed by atoms with Crippen molar-refractivity contribution in [2.24, 2.45) is 11.5 Å². The van der Waals surface area contributed by atoms with Crippen LogP contribution in [-0.2, 0) is 25.6 Å². The average Bonchev–Trinajstić information content (AvgIpc) is 3.67. The maximum absolute atomic E-state index is 13.7. The second-order valence-corrected chi connectivity index (χ2v) is 10.2. The molecule has 3 heterocycles. The number of benzene rings is 1. The van der Waals surface area contributed by atoms with E-state index in [0.717, 1.165) is 16.5 Å². The Balaban J connectivity index is 1.45. The standard InChI is InChI=1S/C27H38N6O5/c28-12-4-3-9-21(31-24(34)19(29)15-17-16-30-20-8-2-1-7-18(17)20)25(35)32-13-5-10-22(32)26(36)33-14-6-11-23(33)27(37)38/h1-2,7-8,16,19,21-23,30H,3-6,9-15,28-29H2,(H,31,34)(H,37,38). The van der Waals surface area contributed by atoms with E-state index in [0.29, 0.717) is 71.0 Å². The van der Waals surface area contributed by atoms with Gasteiger partial charge in [0.25, 0.3) is 0 Å². The van der Waals surface area contributed by atoms with Gasteiger partial charge in [0, 0.05) is 30.2 Å². The number of unbranched alkanes of at least 4 members (excludes halogenated alkanes) is 1. The summed E-state index contributed by atoms with van der Waals surface area (Å²) in [4.78, 5) is 57.8. The minimum atomic E-state index is -1.03. The Bertz CT molecular complexity index is 1170. The minimum absolute atomic E-state index is 0.302. The lowest BCUT2D eigenvalue weighted by Crippen LogP contribution is -2.57. The predicted molar refractivity (Wildman–Crippen MR) is 142 cm³/mol. The summed E-state index contributed by atoms with van der Waals surface area (Å²) in [5, 5.41) is 13.4. The van der Waals surface area contributed by atoms with Gasteiger partial charge in [0.15, 0.2) is 0 Å². The quantitative estimate of drug-likeness (QED) is 0.268. The number of carboxylic acids is 1. The molecule has 2 aromatic rings. The fourth-order valence-electron chi connectivity index (χ4n) is 5.63. The van der Waals surface area contributed by atoms with Crippen LogP contribution >= 0.6 is 0 Å². The van der Waals surface area contributed by atoms with Crippen molar-refractivity contribution in [1.29, 1.82) is 0 Å². The largest absolute Gasteiger partial charge is 0.480 e. The van der Waals surface area contributed by atoms with E-state index in [2.05, 4.69) is 10.3 Å². The molecule has 11 nitrogen and oxygen atoms in total. The maximum Gasteiger partial charge on any atom is 0.326 e. The smallest absolute Gasteiger partial charge is 0.326 e. The number of rotatable bonds is 11. The van der Waals surface area contributed by atoms with Gasteiger partial charge < -0.3 is 36.7 Å². The Morgan fingerprint density at radius 1 is 1.05 bits per heavy atom. The van der Waals surface area contributed by atoms with Gasteiger partial charge in [-0.05, 0) is 69.5 Å². The van der Waals surface area contributed by atoms with Gasteiger partial charge in [0.05, 0.1) is 6.04 Å². The summed E-state index contributed by atoms with van der Waals surface area (Å²) in [7, 11) is 0. The molecule has 0 aliphatic carbocycles. The molecule has 2 aliphatic heterocycles. The number of carbonyl (C=O) groups excluding carboxylic acids is 3. The number of aromatic amines is 1. The van der Waals surface area contributed by atoms with Crippen molar-refractivity contribution in [2.75, 3.05) is 19.6 Å². The number of carbonyl (C=O) groups is 4. The summed E-state index contributed by atoms with van der Waals surface area (Å²) in [6, 6.07) is 4.47. The fraction of sp³-hybridized carbons (Fsp3) is 0.556. The number of aliphatic carboxylic acids is 1. The number of H-pyrrole nitrogens is 1. The van der Waals surface area contributed by atoms with E-state index in [1.807, 2.05) is 30.5 Å². The molecule has 0 bridgehead atoms. The molecular formula is C27H38N6O5. The number of carboxylic acid groups (broad SMARTS) is 1. The van der Waals surface area contributed by atoms with Crippen molar-refractivity contribution in [1.82, 2.24) is 20.1 Å². The van der Waals surface area contributed by atoms with Gasteiger partial charge in [-0.3, -0.25) is 14.4 Å². The number of hydrogen-bond acceptors (Lipinski definition) is 6. The molecule has 4 unspecified atom stereocenters. The van der Waals surface area contributed by atoms with Gasteiger partial charge >= 0.3 is 5.97 Å². The average molecular weight is 527 g/mol. The molecule has 0 saturated carbocycles. The van der Waals surface area contributed by atoms with Crippen LogP contribution in [0.1, 0.15) is 50.5 Å². The van der Waals surface area contributed by atoms with Crippen molar-refractivity contribution < 1.29 is 24.3 Å². The highest BCUT2D eigenvalue weighted by atomic mass is 16.4. The molecular weight excluding hydrogens is 488 g/mol. The first-order valence-corrected chi connectivity index (χ1v) is 13.5. The Morgan fingerprint density at radius 2 is 1.76 bits per heavy atom. The zero-order chi connectivity index (χ0) is 27.2. The Hall–Kier alpha value is -3.44. The van der Waals surface area contributed by atoms with E-state index in [1.165, 1.54) is 9.80 Å². The number of fused-ring (bicyclic) bond motifs is 1. The van der Waals surface area contributed by atoms with Gasteiger partial charge in [-0.15, -0.1) is 0 Å². The summed E-state index contributed by atoms with van der Waals surface area (Å²) in [5.41, 5.74) is 13.8. The number of amides is 3. The van der Waals surface area contributed by atoms with Crippen molar-refractivity contribution >= 4 is 34.6 Å². The second-order valence-electron chi connectivity index (χ2n) is 10.2. The molecule has 2 fully saturated rings. The van der Waals surface area contributed by atoms with Crippen molar-refractivity contribution in [2.45, 2.75) is 75.5 Å². The molecule has 38 heavy (non-hydrogen) atoms. The Labute approximate surface area is 221 Å². The Morgan fingerprint density at radius 3 is 2.50 bits per heavy atom. The lowest BCUT2D eigenvalue weighted by Gasteiger charge is -2.32. The normalized spacial score (nSPS) is 21.0. The molecule has 4 rings (SSSR count). The minimum Gasteiger partial charge on any atom is -0.480 e. The lowest BCUT2D eigenvalue weighted by atomic mass is 10.0. The van der Waals surface area contributed by atoms with Gasteiger partial charge in [0.2, 0.25) is 17.7 Å². The molecule has 1 aromatic carbocycles. The molecule has 2 aliphatic rings. The molecule has 0 radical (unpaired) electrons. The van der Waals surface area contributed by atoms with Crippen LogP contribution in [0, 0.1) is 0 Å². The molecule has 206 valence electrons. The molecule has 2 saturated heterocycles. The number of nitrogens with two attached hydrogens (primary N) is 2. The Kier molecular flexibility index (Phi) is 9.01. The molecule has 7 N–H and O–H groups in total. The maximum atomic E-state index is 13.7. The summed E-state index contributed by atoms with van der Waals surface area (Å²) >= 11 is 0. The highest BCUT2D eigenvalue weighted by Gasteiger charge is 2.43. The molecule has 0 spiro atoms. The van der Waals surface area contributed by atoms with Crippen LogP contribution in [0.15, 0.2) is 30.5 Å². The number of para-hydroxylation sites is 1. The zero-order valence-electron chi connectivity index (χ0n) is 21.6. The number of nitrogens with zero attached hydrogens (tertiary/aromatic N) is 2. The summed E-state index contributed by atoms with van der Waals surface area (Å²) in [5.74, 6) is -2.13. The van der Waals surface area contributed by atoms with Gasteiger partial charge in [-0.1, -0.05) is 18.2 Å². The van der Waals surface area contributed by atoms with Crippen LogP contribution in [0.5, 0.6) is 0 Å². The second kappa shape index (κ2) is 12.4.